The van der Waals surface area contributed by atoms with Crippen LogP contribution >= 0.6 is 0 Å². The van der Waals surface area contributed by atoms with E-state index < -0.39 is 23.8 Å². The van der Waals surface area contributed by atoms with Gasteiger partial charge in [-0.1, -0.05) is 69.9 Å². The third-order valence-electron chi connectivity index (χ3n) is 5.79. The second kappa shape index (κ2) is 14.1. The standard InChI is InChI=1S/C28H47N3O4/c1-10-12-13-17-31(24(25(32)29-19(3)4)22-16-14-15-20(5)18-22)26(33)23(21(6)11-2)30-27(34)35-28(7,8)9/h14-16,18-19,21,23-24H,10-13,17H2,1-9H3,(H,29,32)(H,30,34). The van der Waals surface area contributed by atoms with Crippen molar-refractivity contribution in [3.63, 3.8) is 0 Å². The van der Waals surface area contributed by atoms with E-state index in [4.69, 9.17) is 4.74 Å². The van der Waals surface area contributed by atoms with Gasteiger partial charge in [-0.25, -0.2) is 4.79 Å². The summed E-state index contributed by atoms with van der Waals surface area (Å²) in [4.78, 5) is 41.9. The molecule has 0 heterocycles. The fourth-order valence-corrected chi connectivity index (χ4v) is 3.87. The number of rotatable bonds is 12. The lowest BCUT2D eigenvalue weighted by Gasteiger charge is -2.36. The van der Waals surface area contributed by atoms with Crippen LogP contribution in [0, 0.1) is 12.8 Å². The molecule has 0 spiro atoms. The number of amides is 3. The number of alkyl carbamates (subject to hydrolysis) is 1. The summed E-state index contributed by atoms with van der Waals surface area (Å²) in [5, 5.41) is 5.80. The zero-order valence-corrected chi connectivity index (χ0v) is 23.2. The number of hydrogen-bond acceptors (Lipinski definition) is 4. The van der Waals surface area contributed by atoms with E-state index in [0.29, 0.717) is 13.0 Å². The lowest BCUT2D eigenvalue weighted by molar-refractivity contribution is -0.143. The number of aryl methyl sites for hydroxylation is 1. The predicted octanol–water partition coefficient (Wildman–Crippen LogP) is 5.52. The highest BCUT2D eigenvalue weighted by Gasteiger charge is 2.38. The molecule has 7 heteroatoms. The minimum atomic E-state index is -0.810. The van der Waals surface area contributed by atoms with E-state index in [0.717, 1.165) is 30.4 Å². The smallest absolute Gasteiger partial charge is 0.408 e. The van der Waals surface area contributed by atoms with Gasteiger partial charge in [-0.05, 0) is 59.4 Å². The number of nitrogens with one attached hydrogen (secondary N) is 2. The van der Waals surface area contributed by atoms with Gasteiger partial charge in [0.1, 0.15) is 17.7 Å². The Bertz CT molecular complexity index is 832. The van der Waals surface area contributed by atoms with Crippen LogP contribution in [0.25, 0.3) is 0 Å². The summed E-state index contributed by atoms with van der Waals surface area (Å²) in [7, 11) is 0. The number of nitrogens with zero attached hydrogens (tertiary/aromatic N) is 1. The van der Waals surface area contributed by atoms with Gasteiger partial charge in [0.05, 0.1) is 0 Å². The Kier molecular flexibility index (Phi) is 12.3. The van der Waals surface area contributed by atoms with Gasteiger partial charge in [0.25, 0.3) is 0 Å². The van der Waals surface area contributed by atoms with E-state index in [1.165, 1.54) is 0 Å². The maximum atomic E-state index is 14.1. The van der Waals surface area contributed by atoms with Gasteiger partial charge in [0, 0.05) is 12.6 Å². The molecular weight excluding hydrogens is 442 g/mol. The fraction of sp³-hybridized carbons (Fsp3) is 0.679. The summed E-state index contributed by atoms with van der Waals surface area (Å²) in [5.41, 5.74) is 1.08. The molecule has 0 bridgehead atoms. The molecule has 1 aromatic carbocycles. The van der Waals surface area contributed by atoms with Gasteiger partial charge in [-0.15, -0.1) is 0 Å². The molecule has 0 aromatic heterocycles. The lowest BCUT2D eigenvalue weighted by Crippen LogP contribution is -2.55. The monoisotopic (exact) mass is 489 g/mol. The second-order valence-electron chi connectivity index (χ2n) is 10.7. The van der Waals surface area contributed by atoms with E-state index in [1.54, 1.807) is 25.7 Å². The van der Waals surface area contributed by atoms with Crippen molar-refractivity contribution in [1.82, 2.24) is 15.5 Å². The first-order chi connectivity index (χ1) is 16.3. The Morgan fingerprint density at radius 3 is 2.20 bits per heavy atom. The number of unbranched alkanes of at least 4 members (excludes halogenated alkanes) is 2. The average molecular weight is 490 g/mol. The van der Waals surface area contributed by atoms with Crippen LogP contribution in [0.1, 0.15) is 98.2 Å². The molecule has 198 valence electrons. The van der Waals surface area contributed by atoms with Crippen LogP contribution in [0.15, 0.2) is 24.3 Å². The zero-order valence-electron chi connectivity index (χ0n) is 23.2. The molecule has 0 saturated heterocycles. The van der Waals surface area contributed by atoms with Gasteiger partial charge >= 0.3 is 6.09 Å². The number of carbonyl (C=O) groups is 3. The second-order valence-corrected chi connectivity index (χ2v) is 10.7. The lowest BCUT2D eigenvalue weighted by atomic mass is 9.95. The molecule has 35 heavy (non-hydrogen) atoms. The minimum Gasteiger partial charge on any atom is -0.444 e. The maximum Gasteiger partial charge on any atom is 0.408 e. The Morgan fingerprint density at radius 1 is 1.03 bits per heavy atom. The van der Waals surface area contributed by atoms with Crippen molar-refractivity contribution in [2.75, 3.05) is 6.54 Å². The predicted molar refractivity (Wildman–Crippen MR) is 141 cm³/mol. The normalized spacial score (nSPS) is 14.1. The first kappa shape index (κ1) is 30.5. The number of carbonyl (C=O) groups excluding carboxylic acids is 3. The molecule has 0 aliphatic heterocycles. The Hall–Kier alpha value is -2.57. The Labute approximate surface area is 212 Å². The quantitative estimate of drug-likeness (QED) is 0.379. The van der Waals surface area contributed by atoms with Crippen LogP contribution in [0.2, 0.25) is 0 Å². The highest BCUT2D eigenvalue weighted by atomic mass is 16.6. The molecule has 3 amide bonds. The van der Waals surface area contributed by atoms with Crippen molar-refractivity contribution >= 4 is 17.9 Å². The van der Waals surface area contributed by atoms with Crippen LogP contribution in [0.3, 0.4) is 0 Å². The maximum absolute atomic E-state index is 14.1. The molecule has 1 aromatic rings. The molecule has 1 rings (SSSR count). The van der Waals surface area contributed by atoms with Crippen LogP contribution < -0.4 is 10.6 Å². The van der Waals surface area contributed by atoms with E-state index in [9.17, 15) is 14.4 Å². The summed E-state index contributed by atoms with van der Waals surface area (Å²) >= 11 is 0. The zero-order chi connectivity index (χ0) is 26.8. The van der Waals surface area contributed by atoms with Crippen molar-refractivity contribution in [1.29, 1.82) is 0 Å². The molecule has 0 aliphatic carbocycles. The summed E-state index contributed by atoms with van der Waals surface area (Å²) < 4.78 is 5.45. The highest BCUT2D eigenvalue weighted by molar-refractivity contribution is 5.92. The van der Waals surface area contributed by atoms with Crippen molar-refractivity contribution in [2.45, 2.75) is 112 Å². The molecule has 2 N–H and O–H groups in total. The van der Waals surface area contributed by atoms with Crippen LogP contribution in [-0.2, 0) is 14.3 Å². The number of ether oxygens (including phenoxy) is 1. The SMILES string of the molecule is CCCCCN(C(=O)C(NC(=O)OC(C)(C)C)C(C)CC)C(C(=O)NC(C)C)c1cccc(C)c1. The average Bonchev–Trinajstić information content (AvgIpc) is 2.74. The molecule has 0 fully saturated rings. The van der Waals surface area contributed by atoms with E-state index >= 15 is 0 Å². The van der Waals surface area contributed by atoms with Gasteiger partial charge in [0.2, 0.25) is 11.8 Å². The van der Waals surface area contributed by atoms with E-state index in [2.05, 4.69) is 17.6 Å². The van der Waals surface area contributed by atoms with E-state index in [-0.39, 0.29) is 23.8 Å². The van der Waals surface area contributed by atoms with Gasteiger partial charge in [0.15, 0.2) is 0 Å². The fourth-order valence-electron chi connectivity index (χ4n) is 3.87. The third kappa shape index (κ3) is 10.3. The first-order valence-corrected chi connectivity index (χ1v) is 13.0. The van der Waals surface area contributed by atoms with Crippen molar-refractivity contribution in [2.24, 2.45) is 5.92 Å². The minimum absolute atomic E-state index is 0.0762. The van der Waals surface area contributed by atoms with Crippen LogP contribution in [0.5, 0.6) is 0 Å². The molecular formula is C28H47N3O4. The van der Waals surface area contributed by atoms with Gasteiger partial charge in [-0.2, -0.15) is 0 Å². The van der Waals surface area contributed by atoms with Crippen LogP contribution in [0.4, 0.5) is 4.79 Å². The Morgan fingerprint density at radius 2 is 1.69 bits per heavy atom. The molecule has 0 aliphatic rings. The summed E-state index contributed by atoms with van der Waals surface area (Å²) in [5.74, 6) is -0.641. The topological polar surface area (TPSA) is 87.7 Å². The third-order valence-corrected chi connectivity index (χ3v) is 5.79. The van der Waals surface area contributed by atoms with E-state index in [1.807, 2.05) is 58.9 Å². The summed E-state index contributed by atoms with van der Waals surface area (Å²) in [6.07, 6.45) is 2.73. The number of benzene rings is 1. The molecule has 7 nitrogen and oxygen atoms in total. The van der Waals surface area contributed by atoms with Crippen molar-refractivity contribution in [3.05, 3.63) is 35.4 Å². The molecule has 3 unspecified atom stereocenters. The van der Waals surface area contributed by atoms with Gasteiger partial charge < -0.3 is 20.3 Å². The van der Waals surface area contributed by atoms with Crippen molar-refractivity contribution < 1.29 is 19.1 Å². The summed E-state index contributed by atoms with van der Waals surface area (Å²) in [6.45, 7) is 17.6. The molecule has 0 radical (unpaired) electrons. The molecule has 0 saturated carbocycles. The summed E-state index contributed by atoms with van der Waals surface area (Å²) in [6, 6.07) is 6.02. The Balaban J connectivity index is 3.49. The van der Waals surface area contributed by atoms with Crippen LogP contribution in [-0.4, -0.2) is 47.0 Å². The highest BCUT2D eigenvalue weighted by Crippen LogP contribution is 2.26. The number of hydrogen-bond donors (Lipinski definition) is 2. The van der Waals surface area contributed by atoms with Gasteiger partial charge in [-0.3, -0.25) is 9.59 Å². The molecule has 3 atom stereocenters. The largest absolute Gasteiger partial charge is 0.444 e. The first-order valence-electron chi connectivity index (χ1n) is 13.0. The van der Waals surface area contributed by atoms with Crippen molar-refractivity contribution in [3.8, 4) is 0 Å².